The lowest BCUT2D eigenvalue weighted by atomic mass is 9.83. The minimum absolute atomic E-state index is 0.300. The predicted octanol–water partition coefficient (Wildman–Crippen LogP) is 3.36. The predicted molar refractivity (Wildman–Crippen MR) is 122 cm³/mol. The monoisotopic (exact) mass is 468 g/mol. The molecule has 10 heteroatoms. The first-order valence-corrected chi connectivity index (χ1v) is 11.2. The van der Waals surface area contributed by atoms with E-state index in [-0.39, 0.29) is 6.10 Å². The number of hydrogen-bond acceptors (Lipinski definition) is 7. The van der Waals surface area contributed by atoms with Crippen LogP contribution in [0.3, 0.4) is 0 Å². The minimum atomic E-state index is -0.655. The van der Waals surface area contributed by atoms with E-state index in [2.05, 4.69) is 4.98 Å². The number of morpholine rings is 1. The summed E-state index contributed by atoms with van der Waals surface area (Å²) in [7, 11) is 0.947. The highest BCUT2D eigenvalue weighted by atomic mass is 35.5. The number of aromatic nitrogens is 1. The molecular weight excluding hydrogens is 435 g/mol. The number of halogens is 1. The molecule has 0 bridgehead atoms. The van der Waals surface area contributed by atoms with Crippen molar-refractivity contribution in [3.05, 3.63) is 22.8 Å². The molecule has 2 aliphatic heterocycles. The molecule has 8 nitrogen and oxygen atoms in total. The number of amides is 1. The van der Waals surface area contributed by atoms with E-state index < -0.39 is 36.1 Å². The van der Waals surface area contributed by atoms with Crippen molar-refractivity contribution in [1.82, 2.24) is 9.88 Å². The third kappa shape index (κ3) is 5.75. The maximum atomic E-state index is 12.8. The van der Waals surface area contributed by atoms with Crippen LogP contribution in [0, 0.1) is 0 Å². The van der Waals surface area contributed by atoms with Gasteiger partial charge >= 0.3 is 13.2 Å². The van der Waals surface area contributed by atoms with Gasteiger partial charge in [0.15, 0.2) is 0 Å². The number of methoxy groups -OCH3 is 1. The lowest BCUT2D eigenvalue weighted by molar-refractivity contribution is -0.109. The van der Waals surface area contributed by atoms with E-state index in [9.17, 15) is 4.79 Å². The Bertz CT molecular complexity index is 828. The van der Waals surface area contributed by atoms with Gasteiger partial charge in [0.05, 0.1) is 42.6 Å². The van der Waals surface area contributed by atoms with Gasteiger partial charge in [0, 0.05) is 7.11 Å². The van der Waals surface area contributed by atoms with Crippen molar-refractivity contribution in [2.24, 2.45) is 0 Å². The average molecular weight is 469 g/mol. The number of hydrogen-bond donors (Lipinski definition) is 0. The number of pyridine rings is 1. The van der Waals surface area contributed by atoms with E-state index >= 15 is 0 Å². The quantitative estimate of drug-likeness (QED) is 0.495. The Morgan fingerprint density at radius 3 is 2.41 bits per heavy atom. The number of carbonyl (C=O) groups is 1. The summed E-state index contributed by atoms with van der Waals surface area (Å²) in [6.07, 6.45) is -1.13. The van der Waals surface area contributed by atoms with Gasteiger partial charge < -0.3 is 28.4 Å². The molecule has 3 rings (SSSR count). The molecule has 0 aliphatic carbocycles. The van der Waals surface area contributed by atoms with Gasteiger partial charge in [-0.25, -0.2) is 9.78 Å². The molecule has 0 saturated carbocycles. The van der Waals surface area contributed by atoms with E-state index in [0.29, 0.717) is 30.4 Å². The van der Waals surface area contributed by atoms with E-state index in [1.54, 1.807) is 18.1 Å². The molecule has 0 spiro atoms. The van der Waals surface area contributed by atoms with Gasteiger partial charge in [-0.3, -0.25) is 0 Å². The van der Waals surface area contributed by atoms with E-state index in [0.717, 1.165) is 5.56 Å². The van der Waals surface area contributed by atoms with Crippen LogP contribution in [-0.4, -0.2) is 72.8 Å². The van der Waals surface area contributed by atoms with Crippen molar-refractivity contribution in [3.63, 3.8) is 0 Å². The molecule has 2 atom stereocenters. The molecule has 178 valence electrons. The van der Waals surface area contributed by atoms with Gasteiger partial charge in [-0.15, -0.1) is 0 Å². The number of nitrogens with zero attached hydrogens (tertiary/aromatic N) is 2. The average Bonchev–Trinajstić information content (AvgIpc) is 2.87. The summed E-state index contributed by atoms with van der Waals surface area (Å²) in [5, 5.41) is 0.300. The first kappa shape index (κ1) is 25.2. The summed E-state index contributed by atoms with van der Waals surface area (Å²) in [4.78, 5) is 18.8. The maximum absolute atomic E-state index is 12.8. The van der Waals surface area contributed by atoms with Crippen LogP contribution in [-0.2, 0) is 23.5 Å². The fourth-order valence-electron chi connectivity index (χ4n) is 3.58. The van der Waals surface area contributed by atoms with E-state index in [1.165, 1.54) is 0 Å². The minimum Gasteiger partial charge on any atom is -0.444 e. The third-order valence-corrected chi connectivity index (χ3v) is 6.07. The highest BCUT2D eigenvalue weighted by Crippen LogP contribution is 2.37. The van der Waals surface area contributed by atoms with E-state index in [4.69, 9.17) is 35.1 Å². The fraction of sp³-hybridized carbons (Fsp3) is 0.727. The van der Waals surface area contributed by atoms with Crippen molar-refractivity contribution in [1.29, 1.82) is 0 Å². The van der Waals surface area contributed by atoms with Gasteiger partial charge in [-0.1, -0.05) is 11.6 Å². The van der Waals surface area contributed by atoms with Crippen molar-refractivity contribution >= 4 is 30.4 Å². The molecule has 2 fully saturated rings. The Hall–Kier alpha value is -1.39. The summed E-state index contributed by atoms with van der Waals surface area (Å²) >= 11 is 6.37. The zero-order valence-electron chi connectivity index (χ0n) is 20.2. The standard InChI is InChI=1S/C22H34BClN2O6/c1-20(2,3)30-19(27)26-11-15(13-28-8)29-16(12-26)14-9-17(25-18(24)10-14)23-31-21(4,5)22(6,7)32-23/h9-10,15-16H,11-13H2,1-8H3/t15-,16-/m0/s1. The molecule has 1 amide bonds. The zero-order valence-corrected chi connectivity index (χ0v) is 21.0. The van der Waals surface area contributed by atoms with Crippen LogP contribution in [0.4, 0.5) is 4.79 Å². The summed E-state index contributed by atoms with van der Waals surface area (Å²) in [6.45, 7) is 14.5. The van der Waals surface area contributed by atoms with Crippen LogP contribution < -0.4 is 5.59 Å². The van der Waals surface area contributed by atoms with Crippen molar-refractivity contribution in [2.45, 2.75) is 77.5 Å². The molecule has 2 saturated heterocycles. The Morgan fingerprint density at radius 1 is 1.22 bits per heavy atom. The lowest BCUT2D eigenvalue weighted by Crippen LogP contribution is -2.50. The largest absolute Gasteiger partial charge is 0.514 e. The summed E-state index contributed by atoms with van der Waals surface area (Å²) in [5.74, 6) is 0. The summed E-state index contributed by atoms with van der Waals surface area (Å²) in [5.41, 5.74) is -0.247. The first-order chi connectivity index (χ1) is 14.7. The summed E-state index contributed by atoms with van der Waals surface area (Å²) < 4.78 is 29.4. The maximum Gasteiger partial charge on any atom is 0.514 e. The first-order valence-electron chi connectivity index (χ1n) is 10.9. The lowest BCUT2D eigenvalue weighted by Gasteiger charge is -2.38. The molecule has 0 unspecified atom stereocenters. The van der Waals surface area contributed by atoms with Gasteiger partial charge in [-0.2, -0.15) is 0 Å². The smallest absolute Gasteiger partial charge is 0.444 e. The van der Waals surface area contributed by atoms with Crippen LogP contribution in [0.1, 0.15) is 60.1 Å². The van der Waals surface area contributed by atoms with Crippen LogP contribution >= 0.6 is 11.6 Å². The number of carbonyl (C=O) groups excluding carboxylic acids is 1. The molecule has 2 aliphatic rings. The van der Waals surface area contributed by atoms with Gasteiger partial charge in [-0.05, 0) is 66.2 Å². The molecule has 32 heavy (non-hydrogen) atoms. The van der Waals surface area contributed by atoms with Gasteiger partial charge in [0.25, 0.3) is 0 Å². The topological polar surface area (TPSA) is 79.4 Å². The Labute approximate surface area is 196 Å². The third-order valence-electron chi connectivity index (χ3n) is 5.87. The Kier molecular flexibility index (Phi) is 7.18. The highest BCUT2D eigenvalue weighted by Gasteiger charge is 2.52. The Balaban J connectivity index is 1.86. The number of ether oxygens (including phenoxy) is 3. The second-order valence-corrected chi connectivity index (χ2v) is 10.7. The molecule has 1 aromatic heterocycles. The Morgan fingerprint density at radius 2 is 1.84 bits per heavy atom. The van der Waals surface area contributed by atoms with E-state index in [1.807, 2.05) is 54.5 Å². The molecule has 0 N–H and O–H groups in total. The second kappa shape index (κ2) is 9.10. The molecule has 0 radical (unpaired) electrons. The van der Waals surface area contributed by atoms with Gasteiger partial charge in [0.2, 0.25) is 0 Å². The second-order valence-electron chi connectivity index (χ2n) is 10.3. The van der Waals surface area contributed by atoms with Crippen molar-refractivity contribution < 1.29 is 28.3 Å². The SMILES string of the molecule is COC[C@@H]1CN(C(=O)OC(C)(C)C)C[C@@H](c2cc(Cl)nc(B3OC(C)(C)C(C)(C)O3)c2)O1. The van der Waals surface area contributed by atoms with Crippen molar-refractivity contribution in [2.75, 3.05) is 26.8 Å². The highest BCUT2D eigenvalue weighted by molar-refractivity contribution is 6.61. The van der Waals surface area contributed by atoms with Gasteiger partial charge in [0.1, 0.15) is 16.9 Å². The molecule has 1 aromatic rings. The van der Waals surface area contributed by atoms with Crippen LogP contribution in [0.25, 0.3) is 0 Å². The van der Waals surface area contributed by atoms with Crippen LogP contribution in [0.15, 0.2) is 12.1 Å². The molecular formula is C22H34BClN2O6. The number of rotatable bonds is 4. The molecule has 0 aromatic carbocycles. The van der Waals surface area contributed by atoms with Crippen LogP contribution in [0.2, 0.25) is 5.15 Å². The molecule has 3 heterocycles. The zero-order chi connectivity index (χ0) is 23.9. The van der Waals surface area contributed by atoms with Crippen molar-refractivity contribution in [3.8, 4) is 0 Å². The fourth-order valence-corrected chi connectivity index (χ4v) is 3.81. The van der Waals surface area contributed by atoms with Crippen LogP contribution in [0.5, 0.6) is 0 Å². The normalized spacial score (nSPS) is 25.2. The summed E-state index contributed by atoms with van der Waals surface area (Å²) in [6, 6.07) is 3.60.